The van der Waals surface area contributed by atoms with Gasteiger partial charge in [-0.05, 0) is 62.4 Å². The normalized spacial score (nSPS) is 27.4. The predicted octanol–water partition coefficient (Wildman–Crippen LogP) is 3.41. The summed E-state index contributed by atoms with van der Waals surface area (Å²) >= 11 is 2.09. The molecule has 0 saturated heterocycles. The van der Waals surface area contributed by atoms with Crippen LogP contribution in [0.1, 0.15) is 36.8 Å². The predicted molar refractivity (Wildman–Crippen MR) is 74.8 cm³/mol. The van der Waals surface area contributed by atoms with Crippen LogP contribution >= 0.6 is 11.8 Å². The van der Waals surface area contributed by atoms with Crippen molar-refractivity contribution < 1.29 is 0 Å². The molecule has 1 N–H and O–H groups in total. The van der Waals surface area contributed by atoms with Crippen molar-refractivity contribution >= 4 is 11.8 Å². The van der Waals surface area contributed by atoms with E-state index in [-0.39, 0.29) is 0 Å². The van der Waals surface area contributed by atoms with Crippen LogP contribution in [0.3, 0.4) is 0 Å². The quantitative estimate of drug-likeness (QED) is 0.878. The summed E-state index contributed by atoms with van der Waals surface area (Å²) in [5.74, 6) is 0. The minimum atomic E-state index is 0.716. The second-order valence-corrected chi connectivity index (χ2v) is 6.58. The van der Waals surface area contributed by atoms with Gasteiger partial charge in [0.15, 0.2) is 0 Å². The topological polar surface area (TPSA) is 12.0 Å². The third kappa shape index (κ3) is 2.38. The lowest BCUT2D eigenvalue weighted by atomic mass is 10.1. The summed E-state index contributed by atoms with van der Waals surface area (Å²) in [7, 11) is 2.10. The van der Waals surface area contributed by atoms with Crippen LogP contribution in [0.5, 0.6) is 0 Å². The summed E-state index contributed by atoms with van der Waals surface area (Å²) in [5.41, 5.74) is 3.19. The molecule has 1 aromatic rings. The molecule has 2 aliphatic carbocycles. The molecule has 2 aliphatic rings. The van der Waals surface area contributed by atoms with Crippen LogP contribution in [-0.4, -0.2) is 18.3 Å². The summed E-state index contributed by atoms with van der Waals surface area (Å²) in [5, 5.41) is 4.24. The van der Waals surface area contributed by atoms with E-state index < -0.39 is 0 Å². The molecule has 0 aliphatic heterocycles. The van der Waals surface area contributed by atoms with Crippen molar-refractivity contribution in [3.63, 3.8) is 0 Å². The van der Waals surface area contributed by atoms with Gasteiger partial charge in [0, 0.05) is 16.2 Å². The monoisotopic (exact) mass is 247 g/mol. The molecular weight excluding hydrogens is 226 g/mol. The van der Waals surface area contributed by atoms with E-state index in [1.165, 1.54) is 43.4 Å². The van der Waals surface area contributed by atoms with Crippen LogP contribution in [0, 0.1) is 0 Å². The molecule has 0 heterocycles. The maximum atomic E-state index is 3.47. The first-order valence-electron chi connectivity index (χ1n) is 6.82. The lowest BCUT2D eigenvalue weighted by Gasteiger charge is -2.18. The zero-order valence-electron chi connectivity index (χ0n) is 10.5. The lowest BCUT2D eigenvalue weighted by molar-refractivity contribution is 0.591. The highest BCUT2D eigenvalue weighted by Gasteiger charge is 2.26. The van der Waals surface area contributed by atoms with Crippen LogP contribution in [0.25, 0.3) is 0 Å². The Morgan fingerprint density at radius 3 is 2.88 bits per heavy atom. The van der Waals surface area contributed by atoms with Gasteiger partial charge in [-0.15, -0.1) is 11.8 Å². The van der Waals surface area contributed by atoms with Crippen molar-refractivity contribution in [2.24, 2.45) is 0 Å². The first-order chi connectivity index (χ1) is 8.36. The third-order valence-electron chi connectivity index (χ3n) is 4.18. The maximum Gasteiger partial charge on any atom is 0.0248 e. The van der Waals surface area contributed by atoms with Crippen molar-refractivity contribution in [1.29, 1.82) is 0 Å². The molecule has 3 rings (SSSR count). The lowest BCUT2D eigenvalue weighted by Crippen LogP contribution is -2.30. The minimum Gasteiger partial charge on any atom is -0.316 e. The van der Waals surface area contributed by atoms with Crippen LogP contribution < -0.4 is 5.32 Å². The van der Waals surface area contributed by atoms with Crippen molar-refractivity contribution in [1.82, 2.24) is 5.32 Å². The Balaban J connectivity index is 1.72. The molecule has 1 saturated carbocycles. The molecular formula is C15H21NS. The van der Waals surface area contributed by atoms with Gasteiger partial charge in [0.05, 0.1) is 0 Å². The van der Waals surface area contributed by atoms with Crippen molar-refractivity contribution in [3.05, 3.63) is 29.3 Å². The molecule has 1 fully saturated rings. The smallest absolute Gasteiger partial charge is 0.0248 e. The zero-order valence-corrected chi connectivity index (χ0v) is 11.4. The fourth-order valence-electron chi connectivity index (χ4n) is 3.19. The molecule has 2 atom stereocenters. The number of benzene rings is 1. The van der Waals surface area contributed by atoms with E-state index in [9.17, 15) is 0 Å². The van der Waals surface area contributed by atoms with E-state index in [4.69, 9.17) is 0 Å². The van der Waals surface area contributed by atoms with Crippen molar-refractivity contribution in [3.8, 4) is 0 Å². The second-order valence-electron chi connectivity index (χ2n) is 5.27. The molecule has 2 unspecified atom stereocenters. The van der Waals surface area contributed by atoms with Crippen LogP contribution in [0.2, 0.25) is 0 Å². The van der Waals surface area contributed by atoms with Gasteiger partial charge >= 0.3 is 0 Å². The van der Waals surface area contributed by atoms with Gasteiger partial charge < -0.3 is 5.32 Å². The number of hydrogen-bond acceptors (Lipinski definition) is 2. The van der Waals surface area contributed by atoms with Gasteiger partial charge in [0.2, 0.25) is 0 Å². The van der Waals surface area contributed by atoms with Gasteiger partial charge in [-0.3, -0.25) is 0 Å². The summed E-state index contributed by atoms with van der Waals surface area (Å²) in [6, 6.07) is 7.85. The van der Waals surface area contributed by atoms with E-state index in [0.29, 0.717) is 6.04 Å². The molecule has 0 amide bonds. The van der Waals surface area contributed by atoms with E-state index in [2.05, 4.69) is 42.3 Å². The number of aryl methyl sites for hydroxylation is 2. The summed E-state index contributed by atoms with van der Waals surface area (Å²) in [4.78, 5) is 1.48. The highest BCUT2D eigenvalue weighted by Crippen LogP contribution is 2.36. The maximum absolute atomic E-state index is 3.47. The number of fused-ring (bicyclic) bond motifs is 1. The first kappa shape index (κ1) is 11.6. The van der Waals surface area contributed by atoms with Crippen LogP contribution in [-0.2, 0) is 12.8 Å². The Hall–Kier alpha value is -0.470. The van der Waals surface area contributed by atoms with Gasteiger partial charge in [-0.2, -0.15) is 0 Å². The Morgan fingerprint density at radius 1 is 1.12 bits per heavy atom. The number of hydrogen-bond donors (Lipinski definition) is 1. The SMILES string of the molecule is CNC1CCCC1Sc1ccc2c(c1)CCC2. The highest BCUT2D eigenvalue weighted by atomic mass is 32.2. The Bertz CT molecular complexity index is 402. The van der Waals surface area contributed by atoms with E-state index >= 15 is 0 Å². The van der Waals surface area contributed by atoms with E-state index in [0.717, 1.165) is 5.25 Å². The molecule has 17 heavy (non-hydrogen) atoms. The largest absolute Gasteiger partial charge is 0.316 e. The molecule has 1 nitrogen and oxygen atoms in total. The van der Waals surface area contributed by atoms with Crippen LogP contribution in [0.15, 0.2) is 23.1 Å². The summed E-state index contributed by atoms with van der Waals surface area (Å²) < 4.78 is 0. The van der Waals surface area contributed by atoms with Gasteiger partial charge in [-0.1, -0.05) is 12.5 Å². The number of rotatable bonds is 3. The minimum absolute atomic E-state index is 0.716. The summed E-state index contributed by atoms with van der Waals surface area (Å²) in [6.45, 7) is 0. The standard InChI is InChI=1S/C15H21NS/c1-16-14-6-3-7-15(14)17-13-9-8-11-4-2-5-12(11)10-13/h8-10,14-16H,2-7H2,1H3. The van der Waals surface area contributed by atoms with Gasteiger partial charge in [-0.25, -0.2) is 0 Å². The molecule has 1 aromatic carbocycles. The summed E-state index contributed by atoms with van der Waals surface area (Å²) in [6.07, 6.45) is 8.04. The molecule has 2 heteroatoms. The highest BCUT2D eigenvalue weighted by molar-refractivity contribution is 8.00. The first-order valence-corrected chi connectivity index (χ1v) is 7.70. The molecule has 0 aromatic heterocycles. The zero-order chi connectivity index (χ0) is 11.7. The fourth-order valence-corrected chi connectivity index (χ4v) is 4.62. The van der Waals surface area contributed by atoms with Crippen LogP contribution in [0.4, 0.5) is 0 Å². The Morgan fingerprint density at radius 2 is 2.00 bits per heavy atom. The van der Waals surface area contributed by atoms with E-state index in [1.807, 2.05) is 0 Å². The molecule has 0 bridgehead atoms. The van der Waals surface area contributed by atoms with Gasteiger partial charge in [0.1, 0.15) is 0 Å². The van der Waals surface area contributed by atoms with Crippen molar-refractivity contribution in [2.45, 2.75) is 54.7 Å². The molecule has 0 radical (unpaired) electrons. The Labute approximate surface area is 108 Å². The Kier molecular flexibility index (Phi) is 3.44. The fraction of sp³-hybridized carbons (Fsp3) is 0.600. The average Bonchev–Trinajstić information content (AvgIpc) is 2.96. The van der Waals surface area contributed by atoms with Gasteiger partial charge in [0.25, 0.3) is 0 Å². The third-order valence-corrected chi connectivity index (χ3v) is 5.57. The number of nitrogens with one attached hydrogen (secondary N) is 1. The van der Waals surface area contributed by atoms with Crippen molar-refractivity contribution in [2.75, 3.05) is 7.05 Å². The van der Waals surface area contributed by atoms with E-state index in [1.54, 1.807) is 11.1 Å². The second kappa shape index (κ2) is 5.03. The number of thioether (sulfide) groups is 1. The molecule has 0 spiro atoms. The molecule has 92 valence electrons. The average molecular weight is 247 g/mol.